The summed E-state index contributed by atoms with van der Waals surface area (Å²) in [6, 6.07) is 1.23. The Balaban J connectivity index is 2.38. The first-order valence-electron chi connectivity index (χ1n) is 6.81. The van der Waals surface area contributed by atoms with E-state index >= 15 is 0 Å². The molecular weight excluding hydrogens is 280 g/mol. The number of hydrogen-bond acceptors (Lipinski definition) is 2. The normalized spacial score (nSPS) is 22.2. The minimum absolute atomic E-state index is 0.288. The van der Waals surface area contributed by atoms with Crippen LogP contribution in [0.5, 0.6) is 0 Å². The predicted octanol–water partition coefficient (Wildman–Crippen LogP) is 2.78. The number of nitrogens with zero attached hydrogens (tertiary/aromatic N) is 1. The van der Waals surface area contributed by atoms with Crippen molar-refractivity contribution in [2.75, 3.05) is 13.1 Å². The molecule has 0 saturated carbocycles. The van der Waals surface area contributed by atoms with Gasteiger partial charge in [-0.3, -0.25) is 4.79 Å². The van der Waals surface area contributed by atoms with E-state index in [4.69, 9.17) is 5.11 Å². The lowest BCUT2D eigenvalue weighted by molar-refractivity contribution is 0.0604. The third-order valence-corrected chi connectivity index (χ3v) is 3.68. The summed E-state index contributed by atoms with van der Waals surface area (Å²) in [5, 5.41) is 9.07. The molecule has 1 fully saturated rings. The predicted molar refractivity (Wildman–Crippen MR) is 72.2 cm³/mol. The average Bonchev–Trinajstić information content (AvgIpc) is 2.39. The largest absolute Gasteiger partial charge is 0.478 e. The Kier molecular flexibility index (Phi) is 4.25. The Hall–Kier alpha value is -1.98. The summed E-state index contributed by atoms with van der Waals surface area (Å²) in [6.45, 7) is 4.97. The maximum Gasteiger partial charge on any atom is 0.336 e. The van der Waals surface area contributed by atoms with E-state index in [-0.39, 0.29) is 17.4 Å². The summed E-state index contributed by atoms with van der Waals surface area (Å²) in [5.41, 5.74) is -0.813. The number of carbonyl (C=O) groups excluding carboxylic acids is 1. The van der Waals surface area contributed by atoms with Gasteiger partial charge in [0.25, 0.3) is 5.91 Å². The maximum atomic E-state index is 13.4. The Labute approximate surface area is 121 Å². The first-order chi connectivity index (χ1) is 9.79. The van der Waals surface area contributed by atoms with Crippen LogP contribution < -0.4 is 0 Å². The Morgan fingerprint density at radius 3 is 2.05 bits per heavy atom. The minimum atomic E-state index is -1.45. The highest BCUT2D eigenvalue weighted by atomic mass is 19.2. The zero-order valence-electron chi connectivity index (χ0n) is 11.9. The Morgan fingerprint density at radius 2 is 1.57 bits per heavy atom. The monoisotopic (exact) mass is 297 g/mol. The molecule has 0 spiro atoms. The van der Waals surface area contributed by atoms with Crippen molar-refractivity contribution >= 4 is 11.9 Å². The number of carbonyl (C=O) groups is 2. The molecule has 0 radical (unpaired) electrons. The molecule has 2 atom stereocenters. The van der Waals surface area contributed by atoms with Crippen molar-refractivity contribution in [3.8, 4) is 0 Å². The van der Waals surface area contributed by atoms with Gasteiger partial charge in [0.05, 0.1) is 11.1 Å². The summed E-state index contributed by atoms with van der Waals surface area (Å²) in [7, 11) is 0. The van der Waals surface area contributed by atoms with E-state index < -0.39 is 29.1 Å². The van der Waals surface area contributed by atoms with Crippen molar-refractivity contribution in [3.63, 3.8) is 0 Å². The molecule has 1 amide bonds. The second-order valence-corrected chi connectivity index (χ2v) is 5.77. The quantitative estimate of drug-likeness (QED) is 0.913. The Bertz CT molecular complexity index is 579. The molecule has 1 aromatic carbocycles. The molecular formula is C15H17F2NO3. The molecule has 0 aromatic heterocycles. The van der Waals surface area contributed by atoms with Crippen molar-refractivity contribution in [1.29, 1.82) is 0 Å². The van der Waals surface area contributed by atoms with Crippen molar-refractivity contribution < 1.29 is 23.5 Å². The van der Waals surface area contributed by atoms with Gasteiger partial charge in [0.15, 0.2) is 11.6 Å². The van der Waals surface area contributed by atoms with Gasteiger partial charge < -0.3 is 10.0 Å². The highest BCUT2D eigenvalue weighted by molar-refractivity contribution is 6.04. The van der Waals surface area contributed by atoms with Crippen LogP contribution in [0.15, 0.2) is 12.1 Å². The number of likely N-dealkylation sites (tertiary alicyclic amines) is 1. The van der Waals surface area contributed by atoms with Crippen LogP contribution >= 0.6 is 0 Å². The summed E-state index contributed by atoms with van der Waals surface area (Å²) >= 11 is 0. The Morgan fingerprint density at radius 1 is 1.10 bits per heavy atom. The van der Waals surface area contributed by atoms with Crippen LogP contribution in [0.2, 0.25) is 0 Å². The number of carboxylic acid groups (broad SMARTS) is 1. The van der Waals surface area contributed by atoms with Gasteiger partial charge >= 0.3 is 5.97 Å². The van der Waals surface area contributed by atoms with Gasteiger partial charge in [-0.25, -0.2) is 13.6 Å². The van der Waals surface area contributed by atoms with Crippen molar-refractivity contribution in [3.05, 3.63) is 34.9 Å². The number of amides is 1. The summed E-state index contributed by atoms with van der Waals surface area (Å²) in [4.78, 5) is 25.1. The van der Waals surface area contributed by atoms with Crippen LogP contribution in [0.4, 0.5) is 8.78 Å². The number of carboxylic acids is 1. The van der Waals surface area contributed by atoms with Crippen molar-refractivity contribution in [1.82, 2.24) is 4.90 Å². The van der Waals surface area contributed by atoms with E-state index in [9.17, 15) is 18.4 Å². The molecule has 1 saturated heterocycles. The van der Waals surface area contributed by atoms with Crippen LogP contribution in [0.25, 0.3) is 0 Å². The fraction of sp³-hybridized carbons (Fsp3) is 0.467. The first kappa shape index (κ1) is 15.4. The molecule has 2 rings (SSSR count). The van der Waals surface area contributed by atoms with Crippen molar-refractivity contribution in [2.45, 2.75) is 20.3 Å². The molecule has 0 bridgehead atoms. The average molecular weight is 297 g/mol. The minimum Gasteiger partial charge on any atom is -0.478 e. The highest BCUT2D eigenvalue weighted by Gasteiger charge is 2.29. The first-order valence-corrected chi connectivity index (χ1v) is 6.81. The fourth-order valence-electron chi connectivity index (χ4n) is 2.90. The van der Waals surface area contributed by atoms with Crippen LogP contribution in [0.3, 0.4) is 0 Å². The number of piperidine rings is 1. The smallest absolute Gasteiger partial charge is 0.336 e. The van der Waals surface area contributed by atoms with E-state index in [1.54, 1.807) is 0 Å². The van der Waals surface area contributed by atoms with Gasteiger partial charge in [-0.05, 0) is 30.4 Å². The maximum absolute atomic E-state index is 13.4. The number of aromatic carboxylic acids is 1. The van der Waals surface area contributed by atoms with E-state index in [0.29, 0.717) is 25.2 Å². The molecule has 1 heterocycles. The molecule has 1 N–H and O–H groups in total. The number of benzene rings is 1. The standard InChI is InChI=1S/C15H17F2NO3/c1-8-3-9(2)7-18(6-8)14(19)10-4-12(16)13(17)5-11(10)15(20)21/h4-5,8-9H,3,6-7H2,1-2H3,(H,20,21). The summed E-state index contributed by atoms with van der Waals surface area (Å²) in [6.07, 6.45) is 0.980. The van der Waals surface area contributed by atoms with Crippen LogP contribution in [0, 0.1) is 23.5 Å². The second-order valence-electron chi connectivity index (χ2n) is 5.77. The van der Waals surface area contributed by atoms with Gasteiger partial charge in [0, 0.05) is 13.1 Å². The molecule has 0 aliphatic carbocycles. The van der Waals surface area contributed by atoms with E-state index in [1.807, 2.05) is 13.8 Å². The van der Waals surface area contributed by atoms with E-state index in [2.05, 4.69) is 0 Å². The van der Waals surface area contributed by atoms with Gasteiger partial charge in [-0.2, -0.15) is 0 Å². The molecule has 1 aromatic rings. The molecule has 114 valence electrons. The zero-order valence-corrected chi connectivity index (χ0v) is 11.9. The molecule has 2 unspecified atom stereocenters. The molecule has 4 nitrogen and oxygen atoms in total. The van der Waals surface area contributed by atoms with Crippen LogP contribution in [-0.4, -0.2) is 35.0 Å². The third kappa shape index (κ3) is 3.20. The number of hydrogen-bond donors (Lipinski definition) is 1. The van der Waals surface area contributed by atoms with Gasteiger partial charge in [-0.1, -0.05) is 13.8 Å². The molecule has 6 heteroatoms. The van der Waals surface area contributed by atoms with Crippen LogP contribution in [0.1, 0.15) is 41.0 Å². The third-order valence-electron chi connectivity index (χ3n) is 3.68. The topological polar surface area (TPSA) is 57.6 Å². The zero-order chi connectivity index (χ0) is 15.7. The van der Waals surface area contributed by atoms with Crippen LogP contribution in [-0.2, 0) is 0 Å². The SMILES string of the molecule is CC1CC(C)CN(C(=O)c2cc(F)c(F)cc2C(=O)O)C1. The number of halogens is 2. The van der Waals surface area contributed by atoms with E-state index in [1.165, 1.54) is 4.90 Å². The van der Waals surface area contributed by atoms with Gasteiger partial charge in [-0.15, -0.1) is 0 Å². The summed E-state index contributed by atoms with van der Waals surface area (Å²) < 4.78 is 26.6. The lowest BCUT2D eigenvalue weighted by Crippen LogP contribution is -2.43. The molecule has 1 aliphatic rings. The summed E-state index contributed by atoms with van der Waals surface area (Å²) in [5.74, 6) is -3.93. The lowest BCUT2D eigenvalue weighted by Gasteiger charge is -2.35. The lowest BCUT2D eigenvalue weighted by atomic mass is 9.91. The van der Waals surface area contributed by atoms with Gasteiger partial charge in [0.1, 0.15) is 0 Å². The second kappa shape index (κ2) is 5.79. The van der Waals surface area contributed by atoms with Gasteiger partial charge in [0.2, 0.25) is 0 Å². The number of rotatable bonds is 2. The molecule has 1 aliphatic heterocycles. The van der Waals surface area contributed by atoms with Crippen molar-refractivity contribution in [2.24, 2.45) is 11.8 Å². The highest BCUT2D eigenvalue weighted by Crippen LogP contribution is 2.24. The molecule has 21 heavy (non-hydrogen) atoms. The van der Waals surface area contributed by atoms with E-state index in [0.717, 1.165) is 6.42 Å². The fourth-order valence-corrected chi connectivity index (χ4v) is 2.90.